The molecule has 0 spiro atoms. The summed E-state index contributed by atoms with van der Waals surface area (Å²) in [6.07, 6.45) is 0.683. The van der Waals surface area contributed by atoms with Crippen LogP contribution in [0.15, 0.2) is 42.5 Å². The first-order valence-corrected chi connectivity index (χ1v) is 12.6. The van der Waals surface area contributed by atoms with E-state index < -0.39 is 11.5 Å². The van der Waals surface area contributed by atoms with Crippen LogP contribution in [0.5, 0.6) is 0 Å². The summed E-state index contributed by atoms with van der Waals surface area (Å²) in [5, 5.41) is 4.18. The Bertz CT molecular complexity index is 1330. The Balaban J connectivity index is 1.30. The lowest BCUT2D eigenvalue weighted by Gasteiger charge is -2.39. The highest BCUT2D eigenvalue weighted by Crippen LogP contribution is 2.35. The van der Waals surface area contributed by atoms with Crippen LogP contribution >= 0.6 is 23.2 Å². The number of likely N-dealkylation sites (tertiary alicyclic amines) is 2. The summed E-state index contributed by atoms with van der Waals surface area (Å²) in [4.78, 5) is 50.6. The number of aromatic nitrogens is 2. The number of piperazine rings is 1. The third-order valence-corrected chi connectivity index (χ3v) is 7.49. The lowest BCUT2D eigenvalue weighted by molar-refractivity contribution is -0.138. The van der Waals surface area contributed by atoms with Gasteiger partial charge in [0.05, 0.1) is 17.6 Å². The molecule has 188 valence electrons. The Hall–Kier alpha value is -3.10. The molecule has 3 aromatic rings. The number of para-hydroxylation sites is 1. The van der Waals surface area contributed by atoms with Gasteiger partial charge in [-0.1, -0.05) is 62.2 Å². The number of halogens is 2. The van der Waals surface area contributed by atoms with E-state index in [-0.39, 0.29) is 40.1 Å². The SMILES string of the molecule is CC(C)(C)C(NC(=O)c1cc2ccccc2[nH]1)C(=O)N1CC2CC1CN2C(=O)c1ccc(Cl)nc1Cl. The summed E-state index contributed by atoms with van der Waals surface area (Å²) in [5.41, 5.74) is 1.05. The van der Waals surface area contributed by atoms with Gasteiger partial charge in [0.25, 0.3) is 11.8 Å². The second kappa shape index (κ2) is 9.09. The first kappa shape index (κ1) is 24.6. The van der Waals surface area contributed by atoms with Crippen LogP contribution in [-0.4, -0.2) is 68.7 Å². The standard InChI is InChI=1S/C26H27Cl2N5O3/c1-26(2,3)21(31-23(34)19-10-14-6-4-5-7-18(14)29-19)25(36)33-13-15-11-16(33)12-32(15)24(35)17-8-9-20(27)30-22(17)28/h4-10,15-16,21,29H,11-13H2,1-3H3,(H,31,34). The smallest absolute Gasteiger partial charge is 0.268 e. The van der Waals surface area contributed by atoms with Gasteiger partial charge in [0.15, 0.2) is 0 Å². The molecule has 1 aromatic carbocycles. The van der Waals surface area contributed by atoms with Gasteiger partial charge in [-0.25, -0.2) is 4.98 Å². The molecule has 2 aliphatic heterocycles. The van der Waals surface area contributed by atoms with E-state index in [4.69, 9.17) is 23.2 Å². The second-order valence-corrected chi connectivity index (χ2v) is 11.3. The zero-order valence-electron chi connectivity index (χ0n) is 20.2. The van der Waals surface area contributed by atoms with Gasteiger partial charge in [-0.15, -0.1) is 0 Å². The zero-order chi connectivity index (χ0) is 25.8. The summed E-state index contributed by atoms with van der Waals surface area (Å²) < 4.78 is 0. The second-order valence-electron chi connectivity index (χ2n) is 10.5. The summed E-state index contributed by atoms with van der Waals surface area (Å²) in [7, 11) is 0. The average Bonchev–Trinajstić information content (AvgIpc) is 3.54. The zero-order valence-corrected chi connectivity index (χ0v) is 21.7. The molecule has 10 heteroatoms. The van der Waals surface area contributed by atoms with Crippen molar-refractivity contribution in [3.8, 4) is 0 Å². The fourth-order valence-electron chi connectivity index (χ4n) is 5.13. The number of H-pyrrole nitrogens is 1. The molecule has 5 rings (SSSR count). The maximum atomic E-state index is 13.7. The van der Waals surface area contributed by atoms with Crippen molar-refractivity contribution >= 4 is 51.8 Å². The van der Waals surface area contributed by atoms with E-state index >= 15 is 0 Å². The van der Waals surface area contributed by atoms with E-state index in [1.165, 1.54) is 6.07 Å². The molecule has 2 bridgehead atoms. The van der Waals surface area contributed by atoms with E-state index in [1.54, 1.807) is 21.9 Å². The van der Waals surface area contributed by atoms with Crippen LogP contribution in [0.1, 0.15) is 48.0 Å². The third kappa shape index (κ3) is 4.44. The van der Waals surface area contributed by atoms with Crippen molar-refractivity contribution < 1.29 is 14.4 Å². The van der Waals surface area contributed by atoms with Gasteiger partial charge in [0, 0.05) is 24.0 Å². The van der Waals surface area contributed by atoms with Crippen LogP contribution in [0.25, 0.3) is 10.9 Å². The van der Waals surface area contributed by atoms with Crippen molar-refractivity contribution in [3.63, 3.8) is 0 Å². The molecule has 0 saturated carbocycles. The number of hydrogen-bond acceptors (Lipinski definition) is 4. The molecule has 3 unspecified atom stereocenters. The number of nitrogens with one attached hydrogen (secondary N) is 2. The highest BCUT2D eigenvalue weighted by molar-refractivity contribution is 6.34. The maximum absolute atomic E-state index is 13.7. The molecule has 0 aliphatic carbocycles. The summed E-state index contributed by atoms with van der Waals surface area (Å²) >= 11 is 12.0. The molecule has 3 atom stereocenters. The van der Waals surface area contributed by atoms with E-state index in [1.807, 2.05) is 45.0 Å². The van der Waals surface area contributed by atoms with Gasteiger partial charge in [-0.3, -0.25) is 14.4 Å². The molecule has 3 amide bonds. The molecule has 2 N–H and O–H groups in total. The number of pyridine rings is 1. The minimum atomic E-state index is -0.727. The van der Waals surface area contributed by atoms with Gasteiger partial charge < -0.3 is 20.1 Å². The van der Waals surface area contributed by atoms with Crippen LogP contribution in [0.2, 0.25) is 10.3 Å². The highest BCUT2D eigenvalue weighted by Gasteiger charge is 2.50. The molecule has 8 nitrogen and oxygen atoms in total. The summed E-state index contributed by atoms with van der Waals surface area (Å²) in [5.74, 6) is -0.688. The van der Waals surface area contributed by atoms with Crippen molar-refractivity contribution in [2.45, 2.75) is 45.3 Å². The van der Waals surface area contributed by atoms with Crippen molar-refractivity contribution in [1.82, 2.24) is 25.1 Å². The van der Waals surface area contributed by atoms with E-state index in [9.17, 15) is 14.4 Å². The van der Waals surface area contributed by atoms with Gasteiger partial charge >= 0.3 is 0 Å². The van der Waals surface area contributed by atoms with Crippen LogP contribution in [0, 0.1) is 5.41 Å². The Morgan fingerprint density at radius 3 is 2.39 bits per heavy atom. The molecule has 36 heavy (non-hydrogen) atoms. The fraction of sp³-hybridized carbons (Fsp3) is 0.385. The molecule has 4 heterocycles. The van der Waals surface area contributed by atoms with Crippen molar-refractivity contribution in [1.29, 1.82) is 0 Å². The average molecular weight is 528 g/mol. The van der Waals surface area contributed by atoms with E-state index in [0.29, 0.717) is 30.8 Å². The number of aromatic amines is 1. The minimum Gasteiger partial charge on any atom is -0.351 e. The summed E-state index contributed by atoms with van der Waals surface area (Å²) in [6.45, 7) is 6.60. The predicted molar refractivity (Wildman–Crippen MR) is 138 cm³/mol. The van der Waals surface area contributed by atoms with Crippen LogP contribution in [0.3, 0.4) is 0 Å². The molecule has 2 aliphatic rings. The molecule has 2 aromatic heterocycles. The summed E-state index contributed by atoms with van der Waals surface area (Å²) in [6, 6.07) is 11.6. The van der Waals surface area contributed by atoms with E-state index in [0.717, 1.165) is 10.9 Å². The molecular weight excluding hydrogens is 501 g/mol. The Morgan fingerprint density at radius 2 is 1.75 bits per heavy atom. The van der Waals surface area contributed by atoms with Gasteiger partial charge in [-0.2, -0.15) is 0 Å². The minimum absolute atomic E-state index is 0.0655. The first-order valence-electron chi connectivity index (χ1n) is 11.8. The highest BCUT2D eigenvalue weighted by atomic mass is 35.5. The number of carbonyl (C=O) groups is 3. The van der Waals surface area contributed by atoms with Crippen LogP contribution in [0.4, 0.5) is 0 Å². The van der Waals surface area contributed by atoms with Gasteiger partial charge in [0.2, 0.25) is 5.91 Å². The topological polar surface area (TPSA) is 98.4 Å². The monoisotopic (exact) mass is 527 g/mol. The molecule has 0 radical (unpaired) electrons. The largest absolute Gasteiger partial charge is 0.351 e. The number of rotatable bonds is 4. The van der Waals surface area contributed by atoms with Crippen LogP contribution < -0.4 is 5.32 Å². The van der Waals surface area contributed by atoms with Gasteiger partial charge in [-0.05, 0) is 36.1 Å². The lowest BCUT2D eigenvalue weighted by Crippen LogP contribution is -2.59. The number of nitrogens with zero attached hydrogens (tertiary/aromatic N) is 3. The third-order valence-electron chi connectivity index (χ3n) is 6.99. The predicted octanol–water partition coefficient (Wildman–Crippen LogP) is 4.14. The quantitative estimate of drug-likeness (QED) is 0.498. The Labute approximate surface area is 218 Å². The maximum Gasteiger partial charge on any atom is 0.268 e. The normalized spacial score (nSPS) is 20.1. The number of carbonyl (C=O) groups excluding carboxylic acids is 3. The fourth-order valence-corrected chi connectivity index (χ4v) is 5.56. The number of fused-ring (bicyclic) bond motifs is 3. The van der Waals surface area contributed by atoms with E-state index in [2.05, 4.69) is 15.3 Å². The Kier molecular flexibility index (Phi) is 6.21. The van der Waals surface area contributed by atoms with Crippen LogP contribution in [-0.2, 0) is 4.79 Å². The molecule has 2 fully saturated rings. The van der Waals surface area contributed by atoms with Gasteiger partial charge in [0.1, 0.15) is 22.0 Å². The number of hydrogen-bond donors (Lipinski definition) is 2. The molecular formula is C26H27Cl2N5O3. The molecule has 2 saturated heterocycles. The van der Waals surface area contributed by atoms with Crippen molar-refractivity contribution in [2.75, 3.05) is 13.1 Å². The Morgan fingerprint density at radius 1 is 1.06 bits per heavy atom. The number of benzene rings is 1. The number of amides is 3. The first-order chi connectivity index (χ1) is 17.0. The van der Waals surface area contributed by atoms with Crippen molar-refractivity contribution in [3.05, 3.63) is 64.0 Å². The van der Waals surface area contributed by atoms with Crippen molar-refractivity contribution in [2.24, 2.45) is 5.41 Å². The lowest BCUT2D eigenvalue weighted by atomic mass is 9.85.